The molecule has 0 N–H and O–H groups in total. The lowest BCUT2D eigenvalue weighted by Gasteiger charge is -2.26. The zero-order valence-corrected chi connectivity index (χ0v) is 11.7. The van der Waals surface area contributed by atoms with Gasteiger partial charge in [0.25, 0.3) is 5.91 Å². The van der Waals surface area contributed by atoms with Crippen LogP contribution in [0.4, 0.5) is 0 Å². The van der Waals surface area contributed by atoms with Crippen LogP contribution in [0.25, 0.3) is 0 Å². The zero-order valence-electron chi connectivity index (χ0n) is 10.2. The standard InChI is InChI=1S/C12H16Cl2N2O/c1-4-7-16(8(2)3)12(17)9-5-6-10(13)15-11(9)14/h5-6,8H,4,7H2,1-3H3. The van der Waals surface area contributed by atoms with Crippen LogP contribution in [0.2, 0.25) is 10.3 Å². The third-order valence-corrected chi connectivity index (χ3v) is 2.89. The second-order valence-electron chi connectivity index (χ2n) is 4.06. The van der Waals surface area contributed by atoms with Crippen molar-refractivity contribution in [1.82, 2.24) is 9.88 Å². The first-order valence-corrected chi connectivity index (χ1v) is 6.36. The van der Waals surface area contributed by atoms with Gasteiger partial charge in [0.1, 0.15) is 10.3 Å². The first-order chi connectivity index (χ1) is 7.97. The van der Waals surface area contributed by atoms with E-state index in [-0.39, 0.29) is 22.3 Å². The van der Waals surface area contributed by atoms with Crippen LogP contribution in [0.3, 0.4) is 0 Å². The van der Waals surface area contributed by atoms with Gasteiger partial charge < -0.3 is 4.90 Å². The van der Waals surface area contributed by atoms with Crippen molar-refractivity contribution in [1.29, 1.82) is 0 Å². The molecule has 0 atom stereocenters. The minimum Gasteiger partial charge on any atom is -0.336 e. The smallest absolute Gasteiger partial charge is 0.257 e. The minimum absolute atomic E-state index is 0.101. The molecule has 1 rings (SSSR count). The molecule has 0 aliphatic rings. The lowest BCUT2D eigenvalue weighted by Crippen LogP contribution is -2.37. The summed E-state index contributed by atoms with van der Waals surface area (Å²) in [4.78, 5) is 17.9. The minimum atomic E-state index is -0.101. The van der Waals surface area contributed by atoms with E-state index in [4.69, 9.17) is 23.2 Å². The Morgan fingerprint density at radius 2 is 2.06 bits per heavy atom. The Morgan fingerprint density at radius 3 is 2.53 bits per heavy atom. The first kappa shape index (κ1) is 14.3. The van der Waals surface area contributed by atoms with E-state index in [9.17, 15) is 4.79 Å². The Bertz CT molecular complexity index is 407. The van der Waals surface area contributed by atoms with Crippen molar-refractivity contribution in [2.75, 3.05) is 6.54 Å². The number of hydrogen-bond donors (Lipinski definition) is 0. The normalized spacial score (nSPS) is 10.7. The predicted molar refractivity (Wildman–Crippen MR) is 70.7 cm³/mol. The number of carbonyl (C=O) groups excluding carboxylic acids is 1. The molecule has 1 heterocycles. The topological polar surface area (TPSA) is 33.2 Å². The Hall–Kier alpha value is -0.800. The molecule has 1 aromatic heterocycles. The summed E-state index contributed by atoms with van der Waals surface area (Å²) in [6.07, 6.45) is 0.905. The molecule has 0 fully saturated rings. The largest absolute Gasteiger partial charge is 0.336 e. The average molecular weight is 275 g/mol. The SMILES string of the molecule is CCCN(C(=O)c1ccc(Cl)nc1Cl)C(C)C. The fourth-order valence-corrected chi connectivity index (χ4v) is 1.99. The average Bonchev–Trinajstić information content (AvgIpc) is 2.24. The van der Waals surface area contributed by atoms with Gasteiger partial charge in [-0.15, -0.1) is 0 Å². The summed E-state index contributed by atoms with van der Waals surface area (Å²) >= 11 is 11.6. The molecule has 0 radical (unpaired) electrons. The van der Waals surface area contributed by atoms with E-state index < -0.39 is 0 Å². The molecule has 0 saturated carbocycles. The van der Waals surface area contributed by atoms with Gasteiger partial charge in [0.2, 0.25) is 0 Å². The van der Waals surface area contributed by atoms with Crippen molar-refractivity contribution < 1.29 is 4.79 Å². The van der Waals surface area contributed by atoms with Crippen LogP contribution < -0.4 is 0 Å². The van der Waals surface area contributed by atoms with E-state index in [2.05, 4.69) is 4.98 Å². The van der Waals surface area contributed by atoms with Crippen LogP contribution in [0.5, 0.6) is 0 Å². The molecule has 1 amide bonds. The van der Waals surface area contributed by atoms with Crippen molar-refractivity contribution in [3.05, 3.63) is 28.0 Å². The lowest BCUT2D eigenvalue weighted by atomic mass is 10.2. The second kappa shape index (κ2) is 6.22. The molecule has 0 bridgehead atoms. The lowest BCUT2D eigenvalue weighted by molar-refractivity contribution is 0.0705. The Labute approximate surface area is 112 Å². The van der Waals surface area contributed by atoms with E-state index in [1.165, 1.54) is 0 Å². The number of halogens is 2. The maximum Gasteiger partial charge on any atom is 0.257 e. The maximum absolute atomic E-state index is 12.3. The Kier molecular flexibility index (Phi) is 5.22. The van der Waals surface area contributed by atoms with Gasteiger partial charge in [-0.3, -0.25) is 4.79 Å². The molecule has 0 aliphatic heterocycles. The first-order valence-electron chi connectivity index (χ1n) is 5.60. The van der Waals surface area contributed by atoms with Crippen molar-refractivity contribution in [2.24, 2.45) is 0 Å². The van der Waals surface area contributed by atoms with Gasteiger partial charge in [-0.25, -0.2) is 4.98 Å². The molecule has 17 heavy (non-hydrogen) atoms. The summed E-state index contributed by atoms with van der Waals surface area (Å²) in [6, 6.07) is 3.32. The monoisotopic (exact) mass is 274 g/mol. The summed E-state index contributed by atoms with van der Waals surface area (Å²) < 4.78 is 0. The van der Waals surface area contributed by atoms with E-state index in [1.807, 2.05) is 20.8 Å². The molecule has 0 aliphatic carbocycles. The fraction of sp³-hybridized carbons (Fsp3) is 0.500. The summed E-state index contributed by atoms with van der Waals surface area (Å²) in [5.41, 5.74) is 0.401. The Morgan fingerprint density at radius 1 is 1.41 bits per heavy atom. The van der Waals surface area contributed by atoms with Crippen LogP contribution in [0.1, 0.15) is 37.6 Å². The van der Waals surface area contributed by atoms with Crippen LogP contribution in [-0.4, -0.2) is 28.4 Å². The van der Waals surface area contributed by atoms with Crippen LogP contribution in [0.15, 0.2) is 12.1 Å². The number of carbonyl (C=O) groups is 1. The summed E-state index contributed by atoms with van der Waals surface area (Å²) in [6.45, 7) is 6.69. The second-order valence-corrected chi connectivity index (χ2v) is 4.81. The van der Waals surface area contributed by atoms with Gasteiger partial charge in [0.15, 0.2) is 0 Å². The molecule has 0 saturated heterocycles. The maximum atomic E-state index is 12.3. The third kappa shape index (κ3) is 3.58. The highest BCUT2D eigenvalue weighted by atomic mass is 35.5. The molecule has 94 valence electrons. The van der Waals surface area contributed by atoms with Crippen molar-refractivity contribution in [3.8, 4) is 0 Å². The van der Waals surface area contributed by atoms with Gasteiger partial charge >= 0.3 is 0 Å². The zero-order chi connectivity index (χ0) is 13.0. The van der Waals surface area contributed by atoms with Gasteiger partial charge in [0, 0.05) is 12.6 Å². The van der Waals surface area contributed by atoms with Gasteiger partial charge in [-0.05, 0) is 32.4 Å². The summed E-state index contributed by atoms with van der Waals surface area (Å²) in [5, 5.41) is 0.447. The number of nitrogens with zero attached hydrogens (tertiary/aromatic N) is 2. The molecule has 0 unspecified atom stereocenters. The van der Waals surface area contributed by atoms with Crippen LogP contribution in [0, 0.1) is 0 Å². The quantitative estimate of drug-likeness (QED) is 0.786. The van der Waals surface area contributed by atoms with Gasteiger partial charge in [-0.2, -0.15) is 0 Å². The number of rotatable bonds is 4. The highest BCUT2D eigenvalue weighted by Crippen LogP contribution is 2.19. The van der Waals surface area contributed by atoms with E-state index in [0.29, 0.717) is 12.1 Å². The highest BCUT2D eigenvalue weighted by molar-refractivity contribution is 6.34. The van der Waals surface area contributed by atoms with E-state index >= 15 is 0 Å². The van der Waals surface area contributed by atoms with Crippen LogP contribution >= 0.6 is 23.2 Å². The molecule has 3 nitrogen and oxygen atoms in total. The third-order valence-electron chi connectivity index (χ3n) is 2.39. The molecule has 1 aromatic rings. The number of pyridine rings is 1. The van der Waals surface area contributed by atoms with Crippen molar-refractivity contribution >= 4 is 29.1 Å². The molecule has 0 spiro atoms. The fourth-order valence-electron chi connectivity index (χ4n) is 1.56. The van der Waals surface area contributed by atoms with Gasteiger partial charge in [-0.1, -0.05) is 30.1 Å². The molecular weight excluding hydrogens is 259 g/mol. The Balaban J connectivity index is 3.01. The number of aromatic nitrogens is 1. The number of hydrogen-bond acceptors (Lipinski definition) is 2. The molecule has 0 aromatic carbocycles. The van der Waals surface area contributed by atoms with Crippen LogP contribution in [-0.2, 0) is 0 Å². The van der Waals surface area contributed by atoms with Gasteiger partial charge in [0.05, 0.1) is 5.56 Å². The van der Waals surface area contributed by atoms with E-state index in [0.717, 1.165) is 6.42 Å². The summed E-state index contributed by atoms with van der Waals surface area (Å²) in [5.74, 6) is -0.101. The highest BCUT2D eigenvalue weighted by Gasteiger charge is 2.20. The van der Waals surface area contributed by atoms with Crippen molar-refractivity contribution in [3.63, 3.8) is 0 Å². The summed E-state index contributed by atoms with van der Waals surface area (Å²) in [7, 11) is 0. The molecular formula is C12H16Cl2N2O. The predicted octanol–water partition coefficient (Wildman–Crippen LogP) is 3.65. The van der Waals surface area contributed by atoms with Crippen molar-refractivity contribution in [2.45, 2.75) is 33.2 Å². The number of amides is 1. The van der Waals surface area contributed by atoms with E-state index in [1.54, 1.807) is 17.0 Å². The molecule has 5 heteroatoms.